The fraction of sp³-hybridized carbons (Fsp3) is 0.333. The predicted molar refractivity (Wildman–Crippen MR) is 68.9 cm³/mol. The van der Waals surface area contributed by atoms with Crippen molar-refractivity contribution in [1.29, 1.82) is 0 Å². The molecule has 0 aliphatic heterocycles. The minimum atomic E-state index is -1.02. The van der Waals surface area contributed by atoms with E-state index in [0.29, 0.717) is 0 Å². The van der Waals surface area contributed by atoms with Gasteiger partial charge in [0.05, 0.1) is 20.1 Å². The van der Waals surface area contributed by atoms with Gasteiger partial charge in [-0.1, -0.05) is 28.1 Å². The van der Waals surface area contributed by atoms with E-state index in [0.717, 1.165) is 10.0 Å². The largest absolute Gasteiger partial charge is 0.467 e. The van der Waals surface area contributed by atoms with E-state index in [9.17, 15) is 9.59 Å². The van der Waals surface area contributed by atoms with Gasteiger partial charge in [0.2, 0.25) is 5.91 Å². The van der Waals surface area contributed by atoms with Crippen molar-refractivity contribution in [3.63, 3.8) is 0 Å². The number of amides is 1. The summed E-state index contributed by atoms with van der Waals surface area (Å²) in [5.74, 6) is -1.01. The van der Waals surface area contributed by atoms with Crippen LogP contribution < -0.4 is 5.32 Å². The van der Waals surface area contributed by atoms with Crippen LogP contribution in [0.3, 0.4) is 0 Å². The molecule has 2 N–H and O–H groups in total. The van der Waals surface area contributed by atoms with Crippen LogP contribution in [0.2, 0.25) is 0 Å². The second-order valence-corrected chi connectivity index (χ2v) is 4.54. The average Bonchev–Trinajstić information content (AvgIpc) is 2.37. The van der Waals surface area contributed by atoms with Gasteiger partial charge in [-0.2, -0.15) is 0 Å². The fourth-order valence-electron chi connectivity index (χ4n) is 1.35. The molecule has 1 amide bonds. The van der Waals surface area contributed by atoms with Gasteiger partial charge >= 0.3 is 5.97 Å². The molecule has 0 unspecified atom stereocenters. The van der Waals surface area contributed by atoms with Crippen LogP contribution in [0.1, 0.15) is 5.56 Å². The summed E-state index contributed by atoms with van der Waals surface area (Å²) in [6.07, 6.45) is 0.140. The lowest BCUT2D eigenvalue weighted by atomic mass is 10.1. The molecule has 0 saturated carbocycles. The molecule has 1 aromatic carbocycles. The third kappa shape index (κ3) is 4.46. The first-order valence-corrected chi connectivity index (χ1v) is 6.08. The first-order chi connectivity index (χ1) is 8.56. The van der Waals surface area contributed by atoms with Crippen molar-refractivity contribution in [3.05, 3.63) is 34.3 Å². The number of carbonyl (C=O) groups excluding carboxylic acids is 2. The molecular weight excluding hydrogens is 302 g/mol. The number of aliphatic hydroxyl groups is 1. The summed E-state index contributed by atoms with van der Waals surface area (Å²) in [6.45, 7) is -0.487. The molecule has 0 aromatic heterocycles. The molecule has 0 fully saturated rings. The summed E-state index contributed by atoms with van der Waals surface area (Å²) in [6, 6.07) is 6.24. The van der Waals surface area contributed by atoms with Crippen LogP contribution >= 0.6 is 15.9 Å². The zero-order valence-electron chi connectivity index (χ0n) is 9.85. The average molecular weight is 316 g/mol. The molecular formula is C12H14BrNO4. The van der Waals surface area contributed by atoms with E-state index < -0.39 is 18.6 Å². The minimum Gasteiger partial charge on any atom is -0.467 e. The minimum absolute atomic E-state index is 0.140. The monoisotopic (exact) mass is 315 g/mol. The van der Waals surface area contributed by atoms with Crippen LogP contribution in [-0.2, 0) is 20.7 Å². The Hall–Kier alpha value is -1.40. The van der Waals surface area contributed by atoms with Crippen LogP contribution in [0.4, 0.5) is 0 Å². The van der Waals surface area contributed by atoms with Gasteiger partial charge in [-0.15, -0.1) is 0 Å². The van der Waals surface area contributed by atoms with Gasteiger partial charge in [-0.05, 0) is 17.7 Å². The Morgan fingerprint density at radius 3 is 2.50 bits per heavy atom. The second-order valence-electron chi connectivity index (χ2n) is 3.63. The second kappa shape index (κ2) is 7.13. The van der Waals surface area contributed by atoms with Crippen molar-refractivity contribution in [1.82, 2.24) is 5.32 Å². The number of methoxy groups -OCH3 is 1. The number of carbonyl (C=O) groups is 2. The van der Waals surface area contributed by atoms with Crippen molar-refractivity contribution >= 4 is 27.8 Å². The van der Waals surface area contributed by atoms with E-state index in [-0.39, 0.29) is 12.3 Å². The number of benzene rings is 1. The Labute approximate surface area is 113 Å². The van der Waals surface area contributed by atoms with E-state index in [1.165, 1.54) is 7.11 Å². The standard InChI is InChI=1S/C12H14BrNO4/c1-18-12(17)10(7-15)14-11(16)6-8-2-4-9(13)5-3-8/h2-5,10,15H,6-7H2,1H3,(H,14,16)/t10-/m0/s1. The molecule has 0 spiro atoms. The molecule has 0 bridgehead atoms. The van der Waals surface area contributed by atoms with Crippen LogP contribution in [0, 0.1) is 0 Å². The molecule has 98 valence electrons. The molecule has 18 heavy (non-hydrogen) atoms. The SMILES string of the molecule is COC(=O)[C@H](CO)NC(=O)Cc1ccc(Br)cc1. The number of rotatable bonds is 5. The van der Waals surface area contributed by atoms with Gasteiger partial charge < -0.3 is 15.2 Å². The first kappa shape index (κ1) is 14.7. The lowest BCUT2D eigenvalue weighted by molar-refractivity contribution is -0.146. The van der Waals surface area contributed by atoms with Crippen LogP contribution in [-0.4, -0.2) is 36.7 Å². The number of halogens is 1. The van der Waals surface area contributed by atoms with Gasteiger partial charge in [0, 0.05) is 4.47 Å². The van der Waals surface area contributed by atoms with E-state index in [1.54, 1.807) is 12.1 Å². The van der Waals surface area contributed by atoms with Gasteiger partial charge in [-0.3, -0.25) is 4.79 Å². The third-order valence-electron chi connectivity index (χ3n) is 2.28. The quantitative estimate of drug-likeness (QED) is 0.782. The molecule has 0 aliphatic carbocycles. The molecule has 1 aromatic rings. The normalized spacial score (nSPS) is 11.7. The number of esters is 1. The topological polar surface area (TPSA) is 75.6 Å². The summed E-state index contributed by atoms with van der Waals surface area (Å²) in [5, 5.41) is 11.4. The highest BCUT2D eigenvalue weighted by Gasteiger charge is 2.20. The van der Waals surface area contributed by atoms with Crippen molar-refractivity contribution in [3.8, 4) is 0 Å². The van der Waals surface area contributed by atoms with E-state index in [1.807, 2.05) is 12.1 Å². The van der Waals surface area contributed by atoms with Crippen molar-refractivity contribution in [2.45, 2.75) is 12.5 Å². The lowest BCUT2D eigenvalue weighted by Gasteiger charge is -2.13. The van der Waals surface area contributed by atoms with Gasteiger partial charge in [0.15, 0.2) is 6.04 Å². The third-order valence-corrected chi connectivity index (χ3v) is 2.81. The molecule has 0 radical (unpaired) electrons. The Morgan fingerprint density at radius 2 is 2.00 bits per heavy atom. The molecule has 0 saturated heterocycles. The summed E-state index contributed by atoms with van der Waals surface area (Å²) in [4.78, 5) is 22.8. The predicted octanol–water partition coefficient (Wildman–Crippen LogP) is 0.642. The summed E-state index contributed by atoms with van der Waals surface area (Å²) in [5.41, 5.74) is 0.817. The van der Waals surface area contributed by atoms with E-state index in [2.05, 4.69) is 26.0 Å². The highest BCUT2D eigenvalue weighted by molar-refractivity contribution is 9.10. The number of aliphatic hydroxyl groups excluding tert-OH is 1. The van der Waals surface area contributed by atoms with Crippen molar-refractivity contribution in [2.24, 2.45) is 0 Å². The molecule has 5 nitrogen and oxygen atoms in total. The summed E-state index contributed by atoms with van der Waals surface area (Å²) < 4.78 is 5.38. The highest BCUT2D eigenvalue weighted by Crippen LogP contribution is 2.10. The molecule has 1 atom stereocenters. The lowest BCUT2D eigenvalue weighted by Crippen LogP contribution is -2.44. The van der Waals surface area contributed by atoms with Crippen LogP contribution in [0.5, 0.6) is 0 Å². The van der Waals surface area contributed by atoms with Crippen molar-refractivity contribution < 1.29 is 19.4 Å². The molecule has 0 heterocycles. The van der Waals surface area contributed by atoms with Gasteiger partial charge in [-0.25, -0.2) is 4.79 Å². The summed E-state index contributed by atoms with van der Waals surface area (Å²) in [7, 11) is 1.20. The van der Waals surface area contributed by atoms with Crippen LogP contribution in [0.15, 0.2) is 28.7 Å². The molecule has 1 rings (SSSR count). The van der Waals surface area contributed by atoms with Crippen LogP contribution in [0.25, 0.3) is 0 Å². The Morgan fingerprint density at radius 1 is 1.39 bits per heavy atom. The first-order valence-electron chi connectivity index (χ1n) is 5.29. The molecule has 6 heteroatoms. The smallest absolute Gasteiger partial charge is 0.330 e. The van der Waals surface area contributed by atoms with E-state index >= 15 is 0 Å². The number of hydrogen-bond acceptors (Lipinski definition) is 4. The van der Waals surface area contributed by atoms with Crippen molar-refractivity contribution in [2.75, 3.05) is 13.7 Å². The maximum Gasteiger partial charge on any atom is 0.330 e. The van der Waals surface area contributed by atoms with E-state index in [4.69, 9.17) is 5.11 Å². The Bertz CT molecular complexity index is 419. The number of nitrogens with one attached hydrogen (secondary N) is 1. The van der Waals surface area contributed by atoms with Gasteiger partial charge in [0.1, 0.15) is 0 Å². The Kier molecular flexibility index (Phi) is 5.80. The number of ether oxygens (including phenoxy) is 1. The maximum absolute atomic E-state index is 11.6. The zero-order valence-corrected chi connectivity index (χ0v) is 11.4. The van der Waals surface area contributed by atoms with Gasteiger partial charge in [0.25, 0.3) is 0 Å². The Balaban J connectivity index is 2.55. The molecule has 0 aliphatic rings. The zero-order chi connectivity index (χ0) is 13.5. The fourth-order valence-corrected chi connectivity index (χ4v) is 1.62. The highest BCUT2D eigenvalue weighted by atomic mass is 79.9. The number of hydrogen-bond donors (Lipinski definition) is 2. The summed E-state index contributed by atoms with van der Waals surface area (Å²) >= 11 is 3.30. The maximum atomic E-state index is 11.6.